The molecule has 4 aromatic rings. The van der Waals surface area contributed by atoms with Crippen LogP contribution in [0.3, 0.4) is 0 Å². The molecule has 0 fully saturated rings. The summed E-state index contributed by atoms with van der Waals surface area (Å²) in [6.07, 6.45) is 2.05. The van der Waals surface area contributed by atoms with E-state index in [0.29, 0.717) is 29.6 Å². The minimum Gasteiger partial charge on any atom is -0.504 e. The van der Waals surface area contributed by atoms with Crippen molar-refractivity contribution in [2.45, 2.75) is 6.92 Å². The molecule has 0 aliphatic heterocycles. The second-order valence-corrected chi connectivity index (χ2v) is 6.81. The van der Waals surface area contributed by atoms with Crippen molar-refractivity contribution < 1.29 is 28.6 Å². The number of nitrogens with zero attached hydrogens (tertiary/aromatic N) is 1. The van der Waals surface area contributed by atoms with Gasteiger partial charge in [-0.3, -0.25) is 0 Å². The summed E-state index contributed by atoms with van der Waals surface area (Å²) in [5, 5.41) is 15.1. The molecule has 0 spiro atoms. The van der Waals surface area contributed by atoms with E-state index in [1.165, 1.54) is 0 Å². The SMILES string of the molecule is CCOc1cc2c3cc(OC)c(OC)cc3c[n+](C)c2c2cc(OC)c(O)cc12. The van der Waals surface area contributed by atoms with E-state index in [9.17, 15) is 5.11 Å². The van der Waals surface area contributed by atoms with Gasteiger partial charge in [0.25, 0.3) is 0 Å². The molecule has 150 valence electrons. The Morgan fingerprint density at radius 3 is 2.00 bits per heavy atom. The van der Waals surface area contributed by atoms with E-state index in [2.05, 4.69) is 10.8 Å². The zero-order valence-electron chi connectivity index (χ0n) is 17.2. The molecule has 0 aliphatic rings. The van der Waals surface area contributed by atoms with Crippen molar-refractivity contribution in [3.8, 4) is 28.7 Å². The van der Waals surface area contributed by atoms with Gasteiger partial charge in [0.05, 0.1) is 44.1 Å². The van der Waals surface area contributed by atoms with Crippen LogP contribution in [0, 0.1) is 0 Å². The average Bonchev–Trinajstić information content (AvgIpc) is 2.72. The van der Waals surface area contributed by atoms with Gasteiger partial charge in [-0.15, -0.1) is 0 Å². The average molecular weight is 394 g/mol. The smallest absolute Gasteiger partial charge is 0.221 e. The molecule has 0 unspecified atom stereocenters. The summed E-state index contributed by atoms with van der Waals surface area (Å²) in [4.78, 5) is 0. The monoisotopic (exact) mass is 394 g/mol. The molecule has 0 radical (unpaired) electrons. The Morgan fingerprint density at radius 2 is 1.34 bits per heavy atom. The van der Waals surface area contributed by atoms with Crippen molar-refractivity contribution in [1.82, 2.24) is 0 Å². The molecule has 0 amide bonds. The Balaban J connectivity index is 2.23. The maximum atomic E-state index is 10.3. The lowest BCUT2D eigenvalue weighted by Crippen LogP contribution is -2.28. The number of aromatic nitrogens is 1. The lowest BCUT2D eigenvalue weighted by molar-refractivity contribution is -0.642. The van der Waals surface area contributed by atoms with Crippen LogP contribution in [-0.4, -0.2) is 33.0 Å². The predicted molar refractivity (Wildman–Crippen MR) is 113 cm³/mol. The summed E-state index contributed by atoms with van der Waals surface area (Å²) in [5.74, 6) is 2.54. The van der Waals surface area contributed by atoms with Crippen LogP contribution in [-0.2, 0) is 7.05 Å². The van der Waals surface area contributed by atoms with Crippen LogP contribution >= 0.6 is 0 Å². The Kier molecular flexibility index (Phi) is 4.70. The third-order valence-corrected chi connectivity index (χ3v) is 5.20. The maximum absolute atomic E-state index is 10.3. The lowest BCUT2D eigenvalue weighted by atomic mass is 9.99. The van der Waals surface area contributed by atoms with E-state index in [0.717, 1.165) is 32.4 Å². The highest BCUT2D eigenvalue weighted by Crippen LogP contribution is 2.42. The lowest BCUT2D eigenvalue weighted by Gasteiger charge is -2.14. The number of fused-ring (bicyclic) bond motifs is 5. The zero-order valence-corrected chi connectivity index (χ0v) is 17.2. The molecule has 3 aromatic carbocycles. The van der Waals surface area contributed by atoms with Gasteiger partial charge in [-0.2, -0.15) is 4.57 Å². The molecule has 0 atom stereocenters. The van der Waals surface area contributed by atoms with Crippen LogP contribution in [0.4, 0.5) is 0 Å². The molecule has 1 aromatic heterocycles. The number of aromatic hydroxyl groups is 1. The molecule has 4 rings (SSSR count). The van der Waals surface area contributed by atoms with Gasteiger partial charge in [0.1, 0.15) is 12.8 Å². The van der Waals surface area contributed by atoms with Crippen LogP contribution in [0.5, 0.6) is 28.7 Å². The second-order valence-electron chi connectivity index (χ2n) is 6.81. The summed E-state index contributed by atoms with van der Waals surface area (Å²) in [7, 11) is 6.80. The molecule has 1 heterocycles. The van der Waals surface area contributed by atoms with Gasteiger partial charge in [-0.1, -0.05) is 0 Å². The van der Waals surface area contributed by atoms with E-state index in [4.69, 9.17) is 18.9 Å². The molecule has 0 aliphatic carbocycles. The van der Waals surface area contributed by atoms with Crippen LogP contribution < -0.4 is 23.5 Å². The molecule has 0 saturated heterocycles. The van der Waals surface area contributed by atoms with Gasteiger partial charge in [-0.25, -0.2) is 0 Å². The second kappa shape index (κ2) is 7.20. The number of rotatable bonds is 5. The van der Waals surface area contributed by atoms with Crippen LogP contribution in [0.1, 0.15) is 6.92 Å². The first-order valence-corrected chi connectivity index (χ1v) is 9.37. The first-order chi connectivity index (χ1) is 14.0. The number of methoxy groups -OCH3 is 3. The van der Waals surface area contributed by atoms with Crippen LogP contribution in [0.2, 0.25) is 0 Å². The maximum Gasteiger partial charge on any atom is 0.221 e. The topological polar surface area (TPSA) is 61.0 Å². The van der Waals surface area contributed by atoms with Crippen molar-refractivity contribution in [3.63, 3.8) is 0 Å². The molecule has 1 N–H and O–H groups in total. The highest BCUT2D eigenvalue weighted by molar-refractivity contribution is 6.16. The Hall–Kier alpha value is -3.41. The largest absolute Gasteiger partial charge is 0.504 e. The van der Waals surface area contributed by atoms with E-state index >= 15 is 0 Å². The van der Waals surface area contributed by atoms with E-state index < -0.39 is 0 Å². The molecule has 6 heteroatoms. The Morgan fingerprint density at radius 1 is 0.759 bits per heavy atom. The van der Waals surface area contributed by atoms with Crippen molar-refractivity contribution >= 4 is 32.4 Å². The molecule has 0 saturated carbocycles. The number of ether oxygens (including phenoxy) is 4. The number of phenols is 1. The summed E-state index contributed by atoms with van der Waals surface area (Å²) in [6.45, 7) is 2.46. The fraction of sp³-hybridized carbons (Fsp3) is 0.261. The van der Waals surface area contributed by atoms with Crippen LogP contribution in [0.15, 0.2) is 36.5 Å². The van der Waals surface area contributed by atoms with Gasteiger partial charge in [0.15, 0.2) is 29.2 Å². The quantitative estimate of drug-likeness (QED) is 0.408. The third-order valence-electron chi connectivity index (χ3n) is 5.20. The fourth-order valence-corrected chi connectivity index (χ4v) is 3.92. The Labute approximate surface area is 168 Å². The highest BCUT2D eigenvalue weighted by Gasteiger charge is 2.21. The number of hydrogen-bond acceptors (Lipinski definition) is 5. The minimum atomic E-state index is 0.0788. The van der Waals surface area contributed by atoms with Gasteiger partial charge in [0.2, 0.25) is 5.52 Å². The molecule has 29 heavy (non-hydrogen) atoms. The predicted octanol–water partition coefficient (Wildman–Crippen LogP) is 4.10. The fourth-order valence-electron chi connectivity index (χ4n) is 3.92. The molecular weight excluding hydrogens is 370 g/mol. The third kappa shape index (κ3) is 2.92. The van der Waals surface area contributed by atoms with E-state index in [1.807, 2.05) is 38.2 Å². The number of aryl methyl sites for hydroxylation is 1. The normalized spacial score (nSPS) is 11.2. The van der Waals surface area contributed by atoms with Gasteiger partial charge < -0.3 is 24.1 Å². The van der Waals surface area contributed by atoms with Gasteiger partial charge in [0, 0.05) is 10.8 Å². The summed E-state index contributed by atoms with van der Waals surface area (Å²) >= 11 is 0. The van der Waals surface area contributed by atoms with Gasteiger partial charge in [-0.05, 0) is 37.3 Å². The standard InChI is InChI=1S/C23H23NO5/c1-6-29-19-10-16-14-9-22(28-5)21(27-4)7-13(14)12-24(2)23(16)17-11-20(26-3)18(25)8-15(17)19/h7-12H,6H2,1-5H3/p+1. The summed E-state index contributed by atoms with van der Waals surface area (Å²) in [5.41, 5.74) is 1.00. The van der Waals surface area contributed by atoms with Crippen molar-refractivity contribution in [1.29, 1.82) is 0 Å². The Bertz CT molecular complexity index is 1250. The van der Waals surface area contributed by atoms with Crippen molar-refractivity contribution in [3.05, 3.63) is 36.5 Å². The first kappa shape index (κ1) is 18.9. The van der Waals surface area contributed by atoms with Crippen molar-refractivity contribution in [2.75, 3.05) is 27.9 Å². The summed E-state index contributed by atoms with van der Waals surface area (Å²) < 4.78 is 24.3. The van der Waals surface area contributed by atoms with Crippen molar-refractivity contribution in [2.24, 2.45) is 7.05 Å². The number of benzene rings is 3. The number of pyridine rings is 1. The summed E-state index contributed by atoms with van der Waals surface area (Å²) in [6, 6.07) is 9.51. The molecule has 0 bridgehead atoms. The zero-order chi connectivity index (χ0) is 20.7. The van der Waals surface area contributed by atoms with Crippen LogP contribution in [0.25, 0.3) is 32.4 Å². The molecular formula is C23H24NO5+. The first-order valence-electron chi connectivity index (χ1n) is 9.37. The van der Waals surface area contributed by atoms with Gasteiger partial charge >= 0.3 is 0 Å². The number of hydrogen-bond donors (Lipinski definition) is 1. The van der Waals surface area contributed by atoms with E-state index in [1.54, 1.807) is 27.4 Å². The highest BCUT2D eigenvalue weighted by atomic mass is 16.5. The molecule has 6 nitrogen and oxygen atoms in total. The number of phenolic OH excluding ortho intramolecular Hbond substituents is 1. The minimum absolute atomic E-state index is 0.0788. The van der Waals surface area contributed by atoms with E-state index in [-0.39, 0.29) is 5.75 Å².